The van der Waals surface area contributed by atoms with Crippen molar-refractivity contribution in [1.29, 1.82) is 0 Å². The van der Waals surface area contributed by atoms with Crippen LogP contribution in [0, 0.1) is 31.6 Å². The summed E-state index contributed by atoms with van der Waals surface area (Å²) < 4.78 is 0. The van der Waals surface area contributed by atoms with Gasteiger partial charge in [-0.3, -0.25) is 25.0 Å². The molecule has 2 aromatic rings. The van der Waals surface area contributed by atoms with Gasteiger partial charge in [-0.1, -0.05) is 34.1 Å². The lowest BCUT2D eigenvalue weighted by atomic mass is 9.49. The van der Waals surface area contributed by atoms with E-state index in [-0.39, 0.29) is 44.9 Å². The number of benzene rings is 2. The summed E-state index contributed by atoms with van der Waals surface area (Å²) in [6.45, 7) is 8.93. The van der Waals surface area contributed by atoms with Gasteiger partial charge in [-0.05, 0) is 77.7 Å². The first kappa shape index (κ1) is 24.8. The predicted octanol–water partition coefficient (Wildman–Crippen LogP) is 6.07. The molecule has 1 saturated carbocycles. The highest BCUT2D eigenvalue weighted by molar-refractivity contribution is 5.94. The van der Waals surface area contributed by atoms with Crippen molar-refractivity contribution in [3.05, 3.63) is 78.9 Å². The van der Waals surface area contributed by atoms with Crippen LogP contribution in [-0.2, 0) is 11.8 Å². The molecule has 0 radical (unpaired) electrons. The van der Waals surface area contributed by atoms with Crippen LogP contribution in [0.2, 0.25) is 0 Å². The Labute approximate surface area is 205 Å². The number of nitro benzene ring substituents is 2. The second kappa shape index (κ2) is 9.06. The van der Waals surface area contributed by atoms with Crippen molar-refractivity contribution in [3.63, 3.8) is 0 Å². The first-order chi connectivity index (χ1) is 16.5. The molecular weight excluding hydrogens is 446 g/mol. The standard InChI is InChI=1S/C27H33N3O5/c1-17(2)21-14-19-8-11-24-26(3,12-5-13-27(24,4)22(19)15-23(21)30(34)35)16-28-25(31)18-6-9-20(10-7-18)29(32)33/h6-7,9-10,14-15,17,24H,5,8,11-13,16H2,1-4H3,(H,28,31)/t24-,26-,27+/m0/s1. The van der Waals surface area contributed by atoms with Crippen molar-refractivity contribution in [1.82, 2.24) is 5.32 Å². The van der Waals surface area contributed by atoms with Crippen LogP contribution in [0.4, 0.5) is 11.4 Å². The maximum absolute atomic E-state index is 12.8. The summed E-state index contributed by atoms with van der Waals surface area (Å²) >= 11 is 0. The number of fused-ring (bicyclic) bond motifs is 3. The molecule has 2 aliphatic rings. The number of hydrogen-bond acceptors (Lipinski definition) is 5. The van der Waals surface area contributed by atoms with Crippen molar-refractivity contribution in [2.45, 2.75) is 71.1 Å². The SMILES string of the molecule is CC(C)c1cc2c(cc1[N+](=O)[O-])[C@@]1(C)CCC[C@@](C)(CNC(=O)c3ccc([N+](=O)[O-])cc3)[C@@H]1CC2. The predicted molar refractivity (Wildman–Crippen MR) is 134 cm³/mol. The van der Waals surface area contributed by atoms with Crippen LogP contribution >= 0.6 is 0 Å². The molecule has 0 spiro atoms. The molecule has 186 valence electrons. The maximum atomic E-state index is 12.8. The van der Waals surface area contributed by atoms with Gasteiger partial charge in [-0.2, -0.15) is 0 Å². The van der Waals surface area contributed by atoms with E-state index in [9.17, 15) is 25.0 Å². The summed E-state index contributed by atoms with van der Waals surface area (Å²) in [5.74, 6) is 0.109. The molecule has 1 amide bonds. The molecule has 3 atom stereocenters. The Hall–Kier alpha value is -3.29. The summed E-state index contributed by atoms with van der Waals surface area (Å²) in [5, 5.41) is 25.8. The highest BCUT2D eigenvalue weighted by Gasteiger charge is 2.52. The normalized spacial score (nSPS) is 25.5. The van der Waals surface area contributed by atoms with Crippen LogP contribution in [0.15, 0.2) is 36.4 Å². The van der Waals surface area contributed by atoms with Gasteiger partial charge in [-0.25, -0.2) is 0 Å². The Bertz CT molecular complexity index is 1180. The van der Waals surface area contributed by atoms with E-state index in [1.54, 1.807) is 0 Å². The molecule has 2 aliphatic carbocycles. The van der Waals surface area contributed by atoms with Gasteiger partial charge in [0.05, 0.1) is 9.85 Å². The van der Waals surface area contributed by atoms with Crippen molar-refractivity contribution < 1.29 is 14.6 Å². The topological polar surface area (TPSA) is 115 Å². The fourth-order valence-corrected chi connectivity index (χ4v) is 6.61. The van der Waals surface area contributed by atoms with Gasteiger partial charge in [0.15, 0.2) is 0 Å². The van der Waals surface area contributed by atoms with Gasteiger partial charge in [0.2, 0.25) is 0 Å². The van der Waals surface area contributed by atoms with E-state index in [1.165, 1.54) is 29.8 Å². The molecule has 8 heteroatoms. The zero-order valence-electron chi connectivity index (χ0n) is 20.8. The Morgan fingerprint density at radius 3 is 2.37 bits per heavy atom. The minimum absolute atomic E-state index is 0.0489. The van der Waals surface area contributed by atoms with E-state index in [1.807, 2.05) is 19.9 Å². The third-order valence-corrected chi connectivity index (χ3v) is 8.44. The fraction of sp³-hybridized carbons (Fsp3) is 0.519. The van der Waals surface area contributed by atoms with Gasteiger partial charge >= 0.3 is 0 Å². The lowest BCUT2D eigenvalue weighted by Crippen LogP contribution is -2.53. The minimum atomic E-state index is -0.485. The molecule has 1 fully saturated rings. The lowest BCUT2D eigenvalue weighted by Gasteiger charge is -2.55. The van der Waals surface area contributed by atoms with Gasteiger partial charge < -0.3 is 5.32 Å². The van der Waals surface area contributed by atoms with Crippen LogP contribution in [0.5, 0.6) is 0 Å². The molecule has 0 unspecified atom stereocenters. The van der Waals surface area contributed by atoms with Crippen molar-refractivity contribution in [2.24, 2.45) is 11.3 Å². The van der Waals surface area contributed by atoms with Gasteiger partial charge in [0, 0.05) is 35.9 Å². The highest BCUT2D eigenvalue weighted by atomic mass is 16.6. The molecule has 0 heterocycles. The largest absolute Gasteiger partial charge is 0.351 e. The van der Waals surface area contributed by atoms with Crippen molar-refractivity contribution in [2.75, 3.05) is 6.54 Å². The number of amides is 1. The number of nitrogens with one attached hydrogen (secondary N) is 1. The van der Waals surface area contributed by atoms with Gasteiger partial charge in [0.1, 0.15) is 0 Å². The van der Waals surface area contributed by atoms with Gasteiger partial charge in [-0.15, -0.1) is 0 Å². The molecule has 0 aromatic heterocycles. The van der Waals surface area contributed by atoms with E-state index in [4.69, 9.17) is 0 Å². The second-order valence-electron chi connectivity index (χ2n) is 11.0. The Kier molecular flexibility index (Phi) is 6.42. The summed E-state index contributed by atoms with van der Waals surface area (Å²) in [6, 6.07) is 9.52. The first-order valence-electron chi connectivity index (χ1n) is 12.3. The number of aryl methyl sites for hydroxylation is 1. The Morgan fingerprint density at radius 1 is 1.09 bits per heavy atom. The number of nitrogens with zero attached hydrogens (tertiary/aromatic N) is 2. The molecule has 35 heavy (non-hydrogen) atoms. The van der Waals surface area contributed by atoms with Crippen LogP contribution in [0.25, 0.3) is 0 Å². The number of nitro groups is 2. The van der Waals surface area contributed by atoms with Crippen LogP contribution in [0.1, 0.15) is 86.3 Å². The van der Waals surface area contributed by atoms with E-state index >= 15 is 0 Å². The third kappa shape index (κ3) is 4.42. The van der Waals surface area contributed by atoms with Gasteiger partial charge in [0.25, 0.3) is 17.3 Å². The monoisotopic (exact) mass is 479 g/mol. The molecular formula is C27H33N3O5. The second-order valence-corrected chi connectivity index (χ2v) is 11.0. The van der Waals surface area contributed by atoms with Crippen LogP contribution in [-0.4, -0.2) is 22.3 Å². The summed E-state index contributed by atoms with van der Waals surface area (Å²) in [4.78, 5) is 34.9. The lowest BCUT2D eigenvalue weighted by molar-refractivity contribution is -0.385. The summed E-state index contributed by atoms with van der Waals surface area (Å²) in [7, 11) is 0. The van der Waals surface area contributed by atoms with Crippen LogP contribution < -0.4 is 5.32 Å². The molecule has 2 aromatic carbocycles. The smallest absolute Gasteiger partial charge is 0.273 e. The zero-order valence-corrected chi connectivity index (χ0v) is 20.8. The zero-order chi connectivity index (χ0) is 25.5. The Balaban J connectivity index is 1.60. The van der Waals surface area contributed by atoms with E-state index in [0.717, 1.165) is 43.2 Å². The van der Waals surface area contributed by atoms with Crippen molar-refractivity contribution >= 4 is 17.3 Å². The van der Waals surface area contributed by atoms with Crippen LogP contribution in [0.3, 0.4) is 0 Å². The molecule has 1 N–H and O–H groups in total. The highest BCUT2D eigenvalue weighted by Crippen LogP contribution is 2.57. The molecule has 4 rings (SSSR count). The fourth-order valence-electron chi connectivity index (χ4n) is 6.61. The van der Waals surface area contributed by atoms with E-state index < -0.39 is 4.92 Å². The number of rotatable bonds is 6. The Morgan fingerprint density at radius 2 is 1.77 bits per heavy atom. The average molecular weight is 480 g/mol. The third-order valence-electron chi connectivity index (χ3n) is 8.44. The number of carbonyl (C=O) groups is 1. The molecule has 0 saturated heterocycles. The quantitative estimate of drug-likeness (QED) is 0.399. The number of carbonyl (C=O) groups excluding carboxylic acids is 1. The van der Waals surface area contributed by atoms with E-state index in [2.05, 4.69) is 25.2 Å². The maximum Gasteiger partial charge on any atom is 0.273 e. The molecule has 8 nitrogen and oxygen atoms in total. The summed E-state index contributed by atoms with van der Waals surface area (Å²) in [5.41, 5.74) is 3.31. The van der Waals surface area contributed by atoms with E-state index in [0.29, 0.717) is 12.1 Å². The molecule has 0 aliphatic heterocycles. The minimum Gasteiger partial charge on any atom is -0.351 e. The first-order valence-corrected chi connectivity index (χ1v) is 12.3. The van der Waals surface area contributed by atoms with Crippen molar-refractivity contribution in [3.8, 4) is 0 Å². The average Bonchev–Trinajstić information content (AvgIpc) is 2.81. The number of non-ortho nitro benzene ring substituents is 1. The molecule has 0 bridgehead atoms. The summed E-state index contributed by atoms with van der Waals surface area (Å²) in [6.07, 6.45) is 4.77. The number of hydrogen-bond donors (Lipinski definition) is 1.